The van der Waals surface area contributed by atoms with Crippen molar-refractivity contribution in [3.8, 4) is 5.75 Å². The number of alkyl halides is 2. The second-order valence-electron chi connectivity index (χ2n) is 22.9. The second-order valence-corrected chi connectivity index (χ2v) is 25.0. The number of alkyl carbamates (subject to hydrolysis) is 1. The zero-order valence-electron chi connectivity index (χ0n) is 51.4. The monoisotopic (exact) mass is 1420 g/mol. The summed E-state index contributed by atoms with van der Waals surface area (Å²) in [5.41, 5.74) is 2.76. The maximum Gasteiger partial charge on any atom is 0.409 e. The number of nitrogens with one attached hydrogen (secondary N) is 5. The van der Waals surface area contributed by atoms with Crippen LogP contribution in [-0.4, -0.2) is 176 Å². The molecule has 2 aromatic carbocycles. The largest absolute Gasteiger partial charge is 0.495 e. The number of methoxy groups -OCH3 is 2. The first-order valence-corrected chi connectivity index (χ1v) is 32.0. The van der Waals surface area contributed by atoms with Crippen LogP contribution in [0.3, 0.4) is 0 Å². The molecular formula is C60H81Br2Cl2FN8O16. The number of likely N-dealkylation sites (N-methyl/N-ethyl adjacent to an activating group) is 1. The van der Waals surface area contributed by atoms with Gasteiger partial charge in [0.2, 0.25) is 17.7 Å². The number of epoxide rings is 1. The zero-order valence-corrected chi connectivity index (χ0v) is 56.1. The number of anilines is 2. The number of aldehydes is 1. The predicted octanol–water partition coefficient (Wildman–Crippen LogP) is 6.79. The van der Waals surface area contributed by atoms with Gasteiger partial charge in [-0.25, -0.2) is 18.8 Å². The first-order chi connectivity index (χ1) is 42.0. The molecule has 11 atom stereocenters. The van der Waals surface area contributed by atoms with Gasteiger partial charge >= 0.3 is 24.1 Å². The summed E-state index contributed by atoms with van der Waals surface area (Å²) in [5, 5.41) is 25.6. The first kappa shape index (κ1) is 73.8. The van der Waals surface area contributed by atoms with Crippen molar-refractivity contribution in [3.05, 3.63) is 75.1 Å². The van der Waals surface area contributed by atoms with E-state index in [-0.39, 0.29) is 65.8 Å². The zero-order chi connectivity index (χ0) is 66.2. The molecule has 24 nitrogen and oxygen atoms in total. The summed E-state index contributed by atoms with van der Waals surface area (Å²) < 4.78 is 51.0. The number of ether oxygens (including phenoxy) is 6. The van der Waals surface area contributed by atoms with Crippen LogP contribution in [0.15, 0.2) is 48.1 Å². The number of urea groups is 1. The Balaban J connectivity index is 1.35. The third-order valence-electron chi connectivity index (χ3n) is 16.0. The lowest BCUT2D eigenvalue weighted by atomic mass is 9.83. The van der Waals surface area contributed by atoms with Crippen molar-refractivity contribution in [2.45, 2.75) is 153 Å². The van der Waals surface area contributed by atoms with Crippen LogP contribution in [0.25, 0.3) is 0 Å². The summed E-state index contributed by atoms with van der Waals surface area (Å²) in [6, 6.07) is -0.265. The summed E-state index contributed by atoms with van der Waals surface area (Å²) in [6.07, 6.45) is 1.46. The van der Waals surface area contributed by atoms with Gasteiger partial charge in [-0.05, 0) is 95.0 Å². The van der Waals surface area contributed by atoms with Crippen LogP contribution in [0.4, 0.5) is 25.4 Å². The van der Waals surface area contributed by atoms with Gasteiger partial charge in [0.25, 0.3) is 5.91 Å². The number of primary amides is 1. The Kier molecular flexibility index (Phi) is 27.7. The average Bonchev–Trinajstić information content (AvgIpc) is 1.72. The molecule has 8 N–H and O–H groups in total. The molecule has 3 heterocycles. The number of fused-ring (bicyclic) bond motifs is 5. The second kappa shape index (κ2) is 33.4. The Hall–Kier alpha value is -5.94. The quantitative estimate of drug-likeness (QED) is 0.0127. The Morgan fingerprint density at radius 2 is 1.72 bits per heavy atom. The van der Waals surface area contributed by atoms with E-state index >= 15 is 4.39 Å². The minimum Gasteiger partial charge on any atom is -0.495 e. The van der Waals surface area contributed by atoms with Gasteiger partial charge < -0.3 is 69.8 Å². The molecule has 4 bridgehead atoms. The van der Waals surface area contributed by atoms with E-state index in [1.165, 1.54) is 40.1 Å². The Bertz CT molecular complexity index is 2980. The number of hydrogen-bond acceptors (Lipinski definition) is 17. The SMILES string of the molecule is COc1cc2cc(c1Cl)N(C)C(=O)C[C@H](OC(=O)[C@H](C)N(C)C(=O)c1cc(F)c(NC(=O)[C@H](CCCNC(N)=O)NC(=O)[C@@H](NC(C=O)CCCCOC(=O)C(CBr)CBr)C(C)C)cc1Cl)[C@]1(C)O[C@H]1[C@H](C)[C@@H]1C[C@@](O)(NC(=O)O1)[C@H](OC)/C=C/C=C(\C)C2. The molecule has 7 amide bonds. The molecule has 89 heavy (non-hydrogen) atoms. The molecule has 0 spiro atoms. The van der Waals surface area contributed by atoms with E-state index in [0.29, 0.717) is 48.2 Å². The minimum atomic E-state index is -1.95. The van der Waals surface area contributed by atoms with Gasteiger partial charge in [-0.15, -0.1) is 0 Å². The van der Waals surface area contributed by atoms with E-state index < -0.39 is 137 Å². The topological polar surface area (TPSA) is 325 Å². The predicted molar refractivity (Wildman–Crippen MR) is 337 cm³/mol. The molecule has 1 unspecified atom stereocenters. The molecule has 2 aromatic rings. The summed E-state index contributed by atoms with van der Waals surface area (Å²) in [6.45, 7) is 10.1. The van der Waals surface area contributed by atoms with Gasteiger partial charge in [0.15, 0.2) is 5.72 Å². The van der Waals surface area contributed by atoms with E-state index in [1.807, 2.05) is 6.92 Å². The van der Waals surface area contributed by atoms with Crippen molar-refractivity contribution in [1.82, 2.24) is 26.2 Å². The highest BCUT2D eigenvalue weighted by Crippen LogP contribution is 2.49. The fourth-order valence-corrected chi connectivity index (χ4v) is 12.5. The minimum absolute atomic E-state index is 0.00540. The highest BCUT2D eigenvalue weighted by molar-refractivity contribution is 9.09. The van der Waals surface area contributed by atoms with Gasteiger partial charge in [-0.3, -0.25) is 34.6 Å². The average molecular weight is 1420 g/mol. The molecule has 0 aliphatic carbocycles. The number of allylic oxidation sites excluding steroid dienone is 3. The highest BCUT2D eigenvalue weighted by atomic mass is 79.9. The smallest absolute Gasteiger partial charge is 0.409 e. The molecule has 29 heteroatoms. The van der Waals surface area contributed by atoms with E-state index in [1.54, 1.807) is 58.1 Å². The molecule has 2 fully saturated rings. The van der Waals surface area contributed by atoms with E-state index in [0.717, 1.165) is 22.6 Å². The number of hydrogen-bond donors (Lipinski definition) is 7. The molecule has 3 aliphatic heterocycles. The van der Waals surface area contributed by atoms with Crippen LogP contribution in [-0.2, 0) is 58.9 Å². The number of nitrogens with two attached hydrogens (primary N) is 1. The van der Waals surface area contributed by atoms with E-state index in [2.05, 4.69) is 58.4 Å². The van der Waals surface area contributed by atoms with Crippen molar-refractivity contribution in [2.75, 3.05) is 62.3 Å². The third-order valence-corrected chi connectivity index (χ3v) is 18.2. The number of benzene rings is 2. The van der Waals surface area contributed by atoms with Crippen molar-refractivity contribution in [1.29, 1.82) is 0 Å². The molecule has 0 aromatic heterocycles. The van der Waals surface area contributed by atoms with Gasteiger partial charge in [0.1, 0.15) is 58.9 Å². The number of unbranched alkanes of at least 4 members (excludes halogenated alkanes) is 1. The first-order valence-electron chi connectivity index (χ1n) is 29.0. The lowest BCUT2D eigenvalue weighted by molar-refractivity contribution is -0.158. The van der Waals surface area contributed by atoms with Crippen LogP contribution in [0.2, 0.25) is 10.0 Å². The van der Waals surface area contributed by atoms with Crippen LogP contribution >= 0.6 is 55.1 Å². The normalized spacial score (nSPS) is 24.2. The molecule has 2 saturated heterocycles. The lowest BCUT2D eigenvalue weighted by Gasteiger charge is -2.42. The van der Waals surface area contributed by atoms with Crippen LogP contribution in [0, 0.1) is 23.6 Å². The molecule has 0 radical (unpaired) electrons. The van der Waals surface area contributed by atoms with E-state index in [9.17, 15) is 48.3 Å². The van der Waals surface area contributed by atoms with Crippen molar-refractivity contribution >= 4 is 120 Å². The lowest BCUT2D eigenvalue weighted by Crippen LogP contribution is -2.63. The molecule has 5 rings (SSSR count). The summed E-state index contributed by atoms with van der Waals surface area (Å²) in [4.78, 5) is 122. The molecular weight excluding hydrogens is 1340 g/mol. The third kappa shape index (κ3) is 19.5. The number of esters is 2. The van der Waals surface area contributed by atoms with Crippen molar-refractivity contribution in [2.24, 2.45) is 23.5 Å². The molecule has 0 saturated carbocycles. The Morgan fingerprint density at radius 1 is 1.02 bits per heavy atom. The summed E-state index contributed by atoms with van der Waals surface area (Å²) in [7, 11) is 5.54. The summed E-state index contributed by atoms with van der Waals surface area (Å²) >= 11 is 20.0. The summed E-state index contributed by atoms with van der Waals surface area (Å²) in [5.74, 6) is -6.85. The maximum atomic E-state index is 16.2. The van der Waals surface area contributed by atoms with Crippen LogP contribution < -0.4 is 42.0 Å². The van der Waals surface area contributed by atoms with Gasteiger partial charge in [-0.1, -0.05) is 99.6 Å². The Labute approximate surface area is 544 Å². The van der Waals surface area contributed by atoms with Crippen LogP contribution in [0.5, 0.6) is 5.75 Å². The van der Waals surface area contributed by atoms with Gasteiger partial charge in [0, 0.05) is 50.7 Å². The number of amides is 7. The highest BCUT2D eigenvalue weighted by Gasteiger charge is 2.64. The van der Waals surface area contributed by atoms with Gasteiger partial charge in [0.05, 0.1) is 66.2 Å². The van der Waals surface area contributed by atoms with E-state index in [4.69, 9.17) is 57.4 Å². The number of halogens is 5. The van der Waals surface area contributed by atoms with Gasteiger partial charge in [-0.2, -0.15) is 0 Å². The van der Waals surface area contributed by atoms with Crippen molar-refractivity contribution in [3.63, 3.8) is 0 Å². The number of carbonyl (C=O) groups excluding carboxylic acids is 9. The number of rotatable bonds is 26. The van der Waals surface area contributed by atoms with Crippen LogP contribution in [0.1, 0.15) is 102 Å². The number of aliphatic hydroxyl groups is 1. The fourth-order valence-electron chi connectivity index (χ4n) is 10.4. The number of carbonyl (C=O) groups is 9. The standard InChI is InChI=1S/C60H81Br2Cl2FN8O16/c1-31(2)50(68-37(30-74)16-11-12-20-86-56(80)36(28-61)29-62)53(77)69-41(17-14-19-67-57(66)81)52(76)70-42-25-39(63)38(24-40(42)65)54(78)72(7)34(5)55(79)88-47-26-48(75)73(8)43-22-35(23-44(84-9)49(43)64)21-32(3)15-13-18-46(85-10)60(83)27-45(87-58(82)71-60)33(4)51-59(47,6)89-51/h13,15,18,22-25,30-31,33-34,36-37,41,45-47,50-51,68,83H,11-12,14,16-17,19-21,26-29H2,1-10H3,(H,69,77)(H,70,76)(H,71,82)(H3,66,67,81)/b18-13+,32-15+/t33-,34+,37?,41+,45+,46-,47+,50+,51+,59+,60+/m1/s1. The number of nitrogens with zero attached hydrogens (tertiary/aromatic N) is 2. The van der Waals surface area contributed by atoms with Crippen molar-refractivity contribution < 1.29 is 81.1 Å². The fraction of sp³-hybridized carbons (Fsp3) is 0.583. The Morgan fingerprint density at radius 3 is 2.35 bits per heavy atom. The molecule has 492 valence electrons. The molecule has 3 aliphatic rings. The maximum absolute atomic E-state index is 16.2.